The van der Waals surface area contributed by atoms with Gasteiger partial charge in [-0.3, -0.25) is 4.79 Å². The van der Waals surface area contributed by atoms with Crippen LogP contribution in [0.5, 0.6) is 11.5 Å². The molecule has 0 bridgehead atoms. The van der Waals surface area contributed by atoms with Crippen molar-refractivity contribution in [2.45, 2.75) is 32.3 Å². The van der Waals surface area contributed by atoms with Gasteiger partial charge >= 0.3 is 5.97 Å². The zero-order valence-corrected chi connectivity index (χ0v) is 15.3. The van der Waals surface area contributed by atoms with Crippen molar-refractivity contribution in [3.8, 4) is 11.5 Å². The topological polar surface area (TPSA) is 44.8 Å². The van der Waals surface area contributed by atoms with Gasteiger partial charge in [-0.2, -0.15) is 0 Å². The minimum atomic E-state index is -0.436. The van der Waals surface area contributed by atoms with Gasteiger partial charge in [0.15, 0.2) is 0 Å². The van der Waals surface area contributed by atoms with Gasteiger partial charge in [-0.05, 0) is 42.7 Å². The van der Waals surface area contributed by atoms with Crippen molar-refractivity contribution < 1.29 is 19.0 Å². The van der Waals surface area contributed by atoms with Crippen LogP contribution in [-0.4, -0.2) is 20.2 Å². The SMILES string of the molecule is CC.COC(=O)C1CC(OC)(c2cccc(Oc3ccccc3)c2)C1. The lowest BCUT2D eigenvalue weighted by Crippen LogP contribution is -2.46. The van der Waals surface area contributed by atoms with Gasteiger partial charge in [-0.25, -0.2) is 0 Å². The Balaban J connectivity index is 0.00000109. The third kappa shape index (κ3) is 4.20. The molecule has 2 aromatic carbocycles. The predicted molar refractivity (Wildman–Crippen MR) is 97.7 cm³/mol. The third-order valence-electron chi connectivity index (χ3n) is 4.42. The van der Waals surface area contributed by atoms with E-state index in [0.717, 1.165) is 17.1 Å². The summed E-state index contributed by atoms with van der Waals surface area (Å²) < 4.78 is 16.4. The van der Waals surface area contributed by atoms with Crippen molar-refractivity contribution in [2.75, 3.05) is 14.2 Å². The minimum absolute atomic E-state index is 0.0985. The normalized spacial score (nSPS) is 21.4. The molecule has 1 aliphatic rings. The molecule has 0 N–H and O–H groups in total. The minimum Gasteiger partial charge on any atom is -0.469 e. The second kappa shape index (κ2) is 8.67. The summed E-state index contributed by atoms with van der Waals surface area (Å²) in [7, 11) is 3.10. The Morgan fingerprint density at radius 1 is 0.960 bits per heavy atom. The highest BCUT2D eigenvalue weighted by Gasteiger charge is 2.49. The molecule has 134 valence electrons. The molecule has 0 radical (unpaired) electrons. The fraction of sp³-hybridized carbons (Fsp3) is 0.381. The molecule has 0 saturated heterocycles. The number of carbonyl (C=O) groups excluding carboxylic acids is 1. The first-order chi connectivity index (χ1) is 12.2. The molecule has 1 fully saturated rings. The molecular formula is C21H26O4. The summed E-state index contributed by atoms with van der Waals surface area (Å²) in [6.07, 6.45) is 1.26. The van der Waals surface area contributed by atoms with Crippen LogP contribution < -0.4 is 4.74 Å². The second-order valence-corrected chi connectivity index (χ2v) is 5.77. The van der Waals surface area contributed by atoms with E-state index >= 15 is 0 Å². The molecule has 4 heteroatoms. The quantitative estimate of drug-likeness (QED) is 0.723. The van der Waals surface area contributed by atoms with Gasteiger partial charge in [0.25, 0.3) is 0 Å². The number of ether oxygens (including phenoxy) is 3. The number of benzene rings is 2. The zero-order valence-electron chi connectivity index (χ0n) is 15.3. The van der Waals surface area contributed by atoms with Crippen LogP contribution >= 0.6 is 0 Å². The first-order valence-corrected chi connectivity index (χ1v) is 8.63. The van der Waals surface area contributed by atoms with E-state index in [1.54, 1.807) is 7.11 Å². The first-order valence-electron chi connectivity index (χ1n) is 8.63. The number of esters is 1. The monoisotopic (exact) mass is 342 g/mol. The van der Waals surface area contributed by atoms with E-state index in [1.165, 1.54) is 7.11 Å². The van der Waals surface area contributed by atoms with Crippen LogP contribution in [0.25, 0.3) is 0 Å². The summed E-state index contributed by atoms with van der Waals surface area (Å²) in [5, 5.41) is 0. The van der Waals surface area contributed by atoms with E-state index in [9.17, 15) is 4.79 Å². The largest absolute Gasteiger partial charge is 0.469 e. The zero-order chi connectivity index (χ0) is 18.3. The van der Waals surface area contributed by atoms with Crippen molar-refractivity contribution in [1.82, 2.24) is 0 Å². The summed E-state index contributed by atoms with van der Waals surface area (Å²) in [6, 6.07) is 17.5. The smallest absolute Gasteiger partial charge is 0.308 e. The highest BCUT2D eigenvalue weighted by atomic mass is 16.5. The molecule has 0 aromatic heterocycles. The van der Waals surface area contributed by atoms with E-state index in [4.69, 9.17) is 14.2 Å². The van der Waals surface area contributed by atoms with E-state index in [1.807, 2.05) is 68.4 Å². The fourth-order valence-electron chi connectivity index (χ4n) is 3.06. The number of methoxy groups -OCH3 is 2. The van der Waals surface area contributed by atoms with Gasteiger partial charge in [-0.1, -0.05) is 44.2 Å². The lowest BCUT2D eigenvalue weighted by Gasteiger charge is -2.45. The Hall–Kier alpha value is -2.33. The maximum Gasteiger partial charge on any atom is 0.308 e. The van der Waals surface area contributed by atoms with Crippen LogP contribution in [0.15, 0.2) is 54.6 Å². The Bertz CT molecular complexity index is 675. The Morgan fingerprint density at radius 2 is 1.60 bits per heavy atom. The molecule has 0 spiro atoms. The van der Waals surface area contributed by atoms with Crippen LogP contribution in [0.1, 0.15) is 32.3 Å². The number of rotatable bonds is 5. The van der Waals surface area contributed by atoms with Crippen molar-refractivity contribution in [3.05, 3.63) is 60.2 Å². The molecule has 0 unspecified atom stereocenters. The van der Waals surface area contributed by atoms with Crippen molar-refractivity contribution in [3.63, 3.8) is 0 Å². The van der Waals surface area contributed by atoms with Crippen LogP contribution in [0, 0.1) is 5.92 Å². The van der Waals surface area contributed by atoms with E-state index in [-0.39, 0.29) is 11.9 Å². The lowest BCUT2D eigenvalue weighted by molar-refractivity contribution is -0.168. The number of hydrogen-bond acceptors (Lipinski definition) is 4. The molecule has 0 atom stereocenters. The standard InChI is InChI=1S/C19H20O4.C2H6/c1-21-18(20)14-12-19(13-14,22-2)15-7-6-10-17(11-15)23-16-8-4-3-5-9-16;1-2/h3-11,14H,12-13H2,1-2H3;1-2H3. The third-order valence-corrected chi connectivity index (χ3v) is 4.42. The highest BCUT2D eigenvalue weighted by Crippen LogP contribution is 2.49. The average Bonchev–Trinajstić information content (AvgIpc) is 2.64. The van der Waals surface area contributed by atoms with Crippen molar-refractivity contribution in [1.29, 1.82) is 0 Å². The number of para-hydroxylation sites is 1. The Kier molecular flexibility index (Phi) is 6.59. The lowest BCUT2D eigenvalue weighted by atomic mass is 9.67. The molecule has 1 aliphatic carbocycles. The second-order valence-electron chi connectivity index (χ2n) is 5.77. The van der Waals surface area contributed by atoms with Gasteiger partial charge in [0.05, 0.1) is 18.6 Å². The van der Waals surface area contributed by atoms with Crippen LogP contribution in [0.3, 0.4) is 0 Å². The number of hydrogen-bond donors (Lipinski definition) is 0. The molecule has 2 aromatic rings. The summed E-state index contributed by atoms with van der Waals surface area (Å²) in [4.78, 5) is 11.6. The highest BCUT2D eigenvalue weighted by molar-refractivity contribution is 5.74. The maximum absolute atomic E-state index is 11.6. The summed E-state index contributed by atoms with van der Waals surface area (Å²) in [6.45, 7) is 4.00. The Morgan fingerprint density at radius 3 is 2.20 bits per heavy atom. The van der Waals surface area contributed by atoms with E-state index in [2.05, 4.69) is 0 Å². The Labute approximate surface area is 149 Å². The molecule has 25 heavy (non-hydrogen) atoms. The van der Waals surface area contributed by atoms with Crippen LogP contribution in [0.4, 0.5) is 0 Å². The molecule has 4 nitrogen and oxygen atoms in total. The first kappa shape index (κ1) is 19.0. The summed E-state index contributed by atoms with van der Waals surface area (Å²) >= 11 is 0. The number of carbonyl (C=O) groups is 1. The van der Waals surface area contributed by atoms with E-state index in [0.29, 0.717) is 12.8 Å². The van der Waals surface area contributed by atoms with Gasteiger partial charge in [0.2, 0.25) is 0 Å². The average molecular weight is 342 g/mol. The van der Waals surface area contributed by atoms with Crippen LogP contribution in [0.2, 0.25) is 0 Å². The molecule has 3 rings (SSSR count). The summed E-state index contributed by atoms with van der Waals surface area (Å²) in [5.74, 6) is 1.27. The molecule has 1 saturated carbocycles. The summed E-state index contributed by atoms with van der Waals surface area (Å²) in [5.41, 5.74) is 0.586. The molecule has 0 amide bonds. The predicted octanol–water partition coefficient (Wildman–Crippen LogP) is 4.93. The van der Waals surface area contributed by atoms with Gasteiger partial charge < -0.3 is 14.2 Å². The van der Waals surface area contributed by atoms with Crippen molar-refractivity contribution in [2.24, 2.45) is 5.92 Å². The van der Waals surface area contributed by atoms with Gasteiger partial charge in [-0.15, -0.1) is 0 Å². The maximum atomic E-state index is 11.6. The molecular weight excluding hydrogens is 316 g/mol. The van der Waals surface area contributed by atoms with Crippen molar-refractivity contribution >= 4 is 5.97 Å². The van der Waals surface area contributed by atoms with E-state index < -0.39 is 5.60 Å². The fourth-order valence-corrected chi connectivity index (χ4v) is 3.06. The van der Waals surface area contributed by atoms with Gasteiger partial charge in [0, 0.05) is 7.11 Å². The molecule has 0 aliphatic heterocycles. The molecule has 0 heterocycles. The van der Waals surface area contributed by atoms with Gasteiger partial charge in [0.1, 0.15) is 11.5 Å². The van der Waals surface area contributed by atoms with Crippen LogP contribution in [-0.2, 0) is 19.9 Å².